The SMILES string of the molecule is CC(C)c1ccc(NC(=O)c2cc(OCc3ccccc3)no2)cc1. The van der Waals surface area contributed by atoms with Crippen LogP contribution in [0.15, 0.2) is 65.2 Å². The number of nitrogens with one attached hydrogen (secondary N) is 1. The van der Waals surface area contributed by atoms with Crippen molar-refractivity contribution in [2.24, 2.45) is 0 Å². The van der Waals surface area contributed by atoms with Crippen molar-refractivity contribution in [3.63, 3.8) is 0 Å². The number of amides is 1. The largest absolute Gasteiger partial charge is 0.471 e. The van der Waals surface area contributed by atoms with E-state index in [1.165, 1.54) is 11.6 Å². The molecule has 0 spiro atoms. The second-order valence-electron chi connectivity index (χ2n) is 6.03. The Balaban J connectivity index is 1.58. The van der Waals surface area contributed by atoms with Gasteiger partial charge >= 0.3 is 0 Å². The lowest BCUT2D eigenvalue weighted by Crippen LogP contribution is -2.10. The standard InChI is InChI=1S/C20H20N2O3/c1-14(2)16-8-10-17(11-9-16)21-20(23)18-12-19(22-25-18)24-13-15-6-4-3-5-7-15/h3-12,14H,13H2,1-2H3,(H,21,23). The first kappa shape index (κ1) is 16.8. The van der Waals surface area contributed by atoms with E-state index in [-0.39, 0.29) is 17.5 Å². The van der Waals surface area contributed by atoms with Crippen LogP contribution in [0.2, 0.25) is 0 Å². The van der Waals surface area contributed by atoms with Gasteiger partial charge in [-0.05, 0) is 34.3 Å². The van der Waals surface area contributed by atoms with Crippen molar-refractivity contribution in [1.29, 1.82) is 0 Å². The molecule has 2 aromatic carbocycles. The average molecular weight is 336 g/mol. The number of benzene rings is 2. The maximum Gasteiger partial charge on any atom is 0.294 e. The van der Waals surface area contributed by atoms with Crippen LogP contribution in [0.5, 0.6) is 5.88 Å². The minimum atomic E-state index is -0.362. The monoisotopic (exact) mass is 336 g/mol. The number of rotatable bonds is 6. The third kappa shape index (κ3) is 4.47. The Morgan fingerprint density at radius 2 is 1.84 bits per heavy atom. The summed E-state index contributed by atoms with van der Waals surface area (Å²) in [7, 11) is 0. The van der Waals surface area contributed by atoms with Gasteiger partial charge in [0.25, 0.3) is 11.8 Å². The van der Waals surface area contributed by atoms with E-state index in [9.17, 15) is 4.79 Å². The van der Waals surface area contributed by atoms with Crippen LogP contribution in [0.3, 0.4) is 0 Å². The molecule has 5 nitrogen and oxygen atoms in total. The third-order valence-corrected chi connectivity index (χ3v) is 3.78. The zero-order valence-electron chi connectivity index (χ0n) is 14.2. The van der Waals surface area contributed by atoms with Gasteiger partial charge in [-0.25, -0.2) is 0 Å². The van der Waals surface area contributed by atoms with E-state index >= 15 is 0 Å². The van der Waals surface area contributed by atoms with Crippen LogP contribution < -0.4 is 10.1 Å². The van der Waals surface area contributed by atoms with Crippen molar-refractivity contribution >= 4 is 11.6 Å². The highest BCUT2D eigenvalue weighted by Gasteiger charge is 2.14. The normalized spacial score (nSPS) is 10.7. The van der Waals surface area contributed by atoms with Crippen molar-refractivity contribution in [1.82, 2.24) is 5.16 Å². The number of carbonyl (C=O) groups is 1. The quantitative estimate of drug-likeness (QED) is 0.713. The molecule has 1 N–H and O–H groups in total. The van der Waals surface area contributed by atoms with Crippen LogP contribution in [0.25, 0.3) is 0 Å². The summed E-state index contributed by atoms with van der Waals surface area (Å²) in [4.78, 5) is 12.2. The van der Waals surface area contributed by atoms with Crippen molar-refractivity contribution in [3.8, 4) is 5.88 Å². The summed E-state index contributed by atoms with van der Waals surface area (Å²) in [5.74, 6) is 0.475. The minimum Gasteiger partial charge on any atom is -0.471 e. The van der Waals surface area contributed by atoms with Gasteiger partial charge in [-0.15, -0.1) is 0 Å². The third-order valence-electron chi connectivity index (χ3n) is 3.78. The molecule has 0 aliphatic heterocycles. The highest BCUT2D eigenvalue weighted by atomic mass is 16.5. The molecule has 1 amide bonds. The smallest absolute Gasteiger partial charge is 0.294 e. The Bertz CT molecular complexity index is 824. The molecule has 128 valence electrons. The number of anilines is 1. The zero-order chi connectivity index (χ0) is 17.6. The fourth-order valence-electron chi connectivity index (χ4n) is 2.31. The van der Waals surface area contributed by atoms with E-state index in [2.05, 4.69) is 24.3 Å². The van der Waals surface area contributed by atoms with E-state index in [1.807, 2.05) is 54.6 Å². The number of hydrogen-bond donors (Lipinski definition) is 1. The fourth-order valence-corrected chi connectivity index (χ4v) is 2.31. The summed E-state index contributed by atoms with van der Waals surface area (Å²) in [6.07, 6.45) is 0. The minimum absolute atomic E-state index is 0.107. The zero-order valence-corrected chi connectivity index (χ0v) is 14.2. The number of ether oxygens (including phenoxy) is 1. The predicted octanol–water partition coefficient (Wildman–Crippen LogP) is 4.63. The highest BCUT2D eigenvalue weighted by Crippen LogP contribution is 2.19. The van der Waals surface area contributed by atoms with Gasteiger partial charge in [0.2, 0.25) is 5.76 Å². The van der Waals surface area contributed by atoms with Crippen LogP contribution in [-0.4, -0.2) is 11.1 Å². The van der Waals surface area contributed by atoms with E-state index in [1.54, 1.807) is 0 Å². The summed E-state index contributed by atoms with van der Waals surface area (Å²) in [5, 5.41) is 6.56. The maximum absolute atomic E-state index is 12.2. The lowest BCUT2D eigenvalue weighted by Gasteiger charge is -2.07. The fraction of sp³-hybridized carbons (Fsp3) is 0.200. The molecule has 0 radical (unpaired) electrons. The first-order valence-corrected chi connectivity index (χ1v) is 8.16. The summed E-state index contributed by atoms with van der Waals surface area (Å²) >= 11 is 0. The summed E-state index contributed by atoms with van der Waals surface area (Å²) in [5.41, 5.74) is 2.94. The van der Waals surface area contributed by atoms with Crippen molar-refractivity contribution in [2.45, 2.75) is 26.4 Å². The number of aromatic nitrogens is 1. The van der Waals surface area contributed by atoms with E-state index < -0.39 is 0 Å². The molecule has 0 atom stereocenters. The van der Waals surface area contributed by atoms with Crippen LogP contribution >= 0.6 is 0 Å². The maximum atomic E-state index is 12.2. The van der Waals surface area contributed by atoms with Gasteiger partial charge < -0.3 is 14.6 Å². The Morgan fingerprint density at radius 3 is 2.52 bits per heavy atom. The first-order chi connectivity index (χ1) is 12.1. The van der Waals surface area contributed by atoms with Gasteiger partial charge in [0.05, 0.1) is 6.07 Å². The molecule has 5 heteroatoms. The summed E-state index contributed by atoms with van der Waals surface area (Å²) in [6.45, 7) is 4.61. The summed E-state index contributed by atoms with van der Waals surface area (Å²) in [6, 6.07) is 18.9. The second-order valence-corrected chi connectivity index (χ2v) is 6.03. The lowest BCUT2D eigenvalue weighted by molar-refractivity contribution is 0.0987. The molecule has 3 aromatic rings. The van der Waals surface area contributed by atoms with Gasteiger partial charge in [-0.2, -0.15) is 0 Å². The number of carbonyl (C=O) groups excluding carboxylic acids is 1. The molecular weight excluding hydrogens is 316 g/mol. The second kappa shape index (κ2) is 7.66. The van der Waals surface area contributed by atoms with Crippen molar-refractivity contribution in [2.75, 3.05) is 5.32 Å². The van der Waals surface area contributed by atoms with Gasteiger partial charge in [-0.1, -0.05) is 56.3 Å². The molecule has 0 aliphatic rings. The molecule has 1 heterocycles. The Labute approximate surface area is 146 Å². The average Bonchev–Trinajstić information content (AvgIpc) is 3.10. The predicted molar refractivity (Wildman–Crippen MR) is 95.8 cm³/mol. The molecule has 0 aliphatic carbocycles. The molecule has 0 bridgehead atoms. The molecule has 0 fully saturated rings. The molecule has 0 saturated heterocycles. The van der Waals surface area contributed by atoms with E-state index in [0.717, 1.165) is 5.56 Å². The molecule has 25 heavy (non-hydrogen) atoms. The van der Waals surface area contributed by atoms with Crippen LogP contribution in [0.1, 0.15) is 41.4 Å². The Morgan fingerprint density at radius 1 is 1.12 bits per heavy atom. The van der Waals surface area contributed by atoms with Gasteiger partial charge in [-0.3, -0.25) is 4.79 Å². The van der Waals surface area contributed by atoms with Crippen LogP contribution in [0.4, 0.5) is 5.69 Å². The number of nitrogens with zero attached hydrogens (tertiary/aromatic N) is 1. The van der Waals surface area contributed by atoms with Gasteiger partial charge in [0.1, 0.15) is 6.61 Å². The lowest BCUT2D eigenvalue weighted by atomic mass is 10.0. The van der Waals surface area contributed by atoms with Crippen LogP contribution in [-0.2, 0) is 6.61 Å². The van der Waals surface area contributed by atoms with E-state index in [0.29, 0.717) is 18.2 Å². The van der Waals surface area contributed by atoms with Gasteiger partial charge in [0, 0.05) is 5.69 Å². The van der Waals surface area contributed by atoms with E-state index in [4.69, 9.17) is 9.26 Å². The first-order valence-electron chi connectivity index (χ1n) is 8.16. The molecular formula is C20H20N2O3. The molecule has 3 rings (SSSR count). The van der Waals surface area contributed by atoms with Gasteiger partial charge in [0.15, 0.2) is 0 Å². The Kier molecular flexibility index (Phi) is 5.14. The number of hydrogen-bond acceptors (Lipinski definition) is 4. The topological polar surface area (TPSA) is 64.4 Å². The van der Waals surface area contributed by atoms with Crippen LogP contribution in [0, 0.1) is 0 Å². The summed E-state index contributed by atoms with van der Waals surface area (Å²) < 4.78 is 10.6. The van der Waals surface area contributed by atoms with Crippen molar-refractivity contribution in [3.05, 3.63) is 77.6 Å². The Hall–Kier alpha value is -3.08. The molecule has 0 unspecified atom stereocenters. The molecule has 0 saturated carbocycles. The highest BCUT2D eigenvalue weighted by molar-refractivity contribution is 6.02. The van der Waals surface area contributed by atoms with Crippen molar-refractivity contribution < 1.29 is 14.1 Å². The molecule has 1 aromatic heterocycles.